The van der Waals surface area contributed by atoms with E-state index in [-0.39, 0.29) is 0 Å². The molecule has 2 aromatic carbocycles. The summed E-state index contributed by atoms with van der Waals surface area (Å²) in [5.74, 6) is 0. The predicted molar refractivity (Wildman–Crippen MR) is 90.1 cm³/mol. The third-order valence-corrected chi connectivity index (χ3v) is 4.74. The molecule has 4 rings (SSSR count). The van der Waals surface area contributed by atoms with E-state index in [1.165, 1.54) is 30.4 Å². The monoisotopic (exact) mass is 306 g/mol. The smallest absolute Gasteiger partial charge is 0.102 e. The average molecular weight is 307 g/mol. The lowest BCUT2D eigenvalue weighted by molar-refractivity contribution is 0.686. The molecular formula is C19H15ClN2. The summed E-state index contributed by atoms with van der Waals surface area (Å²) in [7, 11) is 0. The molecule has 22 heavy (non-hydrogen) atoms. The molecule has 1 heterocycles. The van der Waals surface area contributed by atoms with E-state index in [2.05, 4.69) is 29.3 Å². The molecule has 108 valence electrons. The van der Waals surface area contributed by atoms with Crippen molar-refractivity contribution < 1.29 is 0 Å². The largest absolute Gasteiger partial charge is 0.353 e. The van der Waals surface area contributed by atoms with Crippen molar-refractivity contribution in [2.45, 2.75) is 25.7 Å². The van der Waals surface area contributed by atoms with Crippen molar-refractivity contribution in [2.24, 2.45) is 0 Å². The molecule has 1 aliphatic carbocycles. The summed E-state index contributed by atoms with van der Waals surface area (Å²) in [4.78, 5) is 3.38. The molecular weight excluding hydrogens is 292 g/mol. The number of aryl methyl sites for hydroxylation is 2. The first-order chi connectivity index (χ1) is 10.8. The SMILES string of the molecule is N#Cc1c(-c2ccc3c(c2)CCCC3)[nH]c2ccc(Cl)cc12. The molecule has 1 aromatic heterocycles. The summed E-state index contributed by atoms with van der Waals surface area (Å²) in [6.45, 7) is 0. The first-order valence-corrected chi connectivity index (χ1v) is 7.97. The van der Waals surface area contributed by atoms with Crippen molar-refractivity contribution in [3.05, 3.63) is 58.1 Å². The molecule has 0 saturated carbocycles. The van der Waals surface area contributed by atoms with Crippen LogP contribution >= 0.6 is 11.6 Å². The number of hydrogen-bond acceptors (Lipinski definition) is 1. The number of nitrogens with zero attached hydrogens (tertiary/aromatic N) is 1. The van der Waals surface area contributed by atoms with E-state index >= 15 is 0 Å². The predicted octanol–water partition coefficient (Wildman–Crippen LogP) is 5.24. The first kappa shape index (κ1) is 13.4. The zero-order valence-electron chi connectivity index (χ0n) is 12.1. The molecule has 3 heteroatoms. The van der Waals surface area contributed by atoms with Crippen LogP contribution in [0.15, 0.2) is 36.4 Å². The Bertz CT molecular complexity index is 915. The van der Waals surface area contributed by atoms with Crippen LogP contribution in [-0.4, -0.2) is 4.98 Å². The highest BCUT2D eigenvalue weighted by molar-refractivity contribution is 6.31. The molecule has 0 radical (unpaired) electrons. The minimum Gasteiger partial charge on any atom is -0.353 e. The molecule has 0 fully saturated rings. The van der Waals surface area contributed by atoms with Gasteiger partial charge in [-0.15, -0.1) is 0 Å². The van der Waals surface area contributed by atoms with Gasteiger partial charge in [-0.1, -0.05) is 23.7 Å². The van der Waals surface area contributed by atoms with Gasteiger partial charge in [0.25, 0.3) is 0 Å². The third-order valence-electron chi connectivity index (χ3n) is 4.51. The van der Waals surface area contributed by atoms with Crippen molar-refractivity contribution in [1.29, 1.82) is 5.26 Å². The second-order valence-corrected chi connectivity index (χ2v) is 6.30. The van der Waals surface area contributed by atoms with Crippen molar-refractivity contribution >= 4 is 22.5 Å². The van der Waals surface area contributed by atoms with Gasteiger partial charge in [-0.05, 0) is 66.6 Å². The number of nitriles is 1. The Morgan fingerprint density at radius 2 is 1.82 bits per heavy atom. The van der Waals surface area contributed by atoms with Gasteiger partial charge in [0, 0.05) is 15.9 Å². The summed E-state index contributed by atoms with van der Waals surface area (Å²) < 4.78 is 0. The van der Waals surface area contributed by atoms with Gasteiger partial charge >= 0.3 is 0 Å². The van der Waals surface area contributed by atoms with Crippen LogP contribution in [0.3, 0.4) is 0 Å². The van der Waals surface area contributed by atoms with Crippen LogP contribution in [0.1, 0.15) is 29.5 Å². The highest BCUT2D eigenvalue weighted by Crippen LogP contribution is 2.33. The fraction of sp³-hybridized carbons (Fsp3) is 0.211. The van der Waals surface area contributed by atoms with E-state index in [9.17, 15) is 5.26 Å². The van der Waals surface area contributed by atoms with Crippen LogP contribution in [0.2, 0.25) is 5.02 Å². The first-order valence-electron chi connectivity index (χ1n) is 7.60. The Morgan fingerprint density at radius 1 is 1.00 bits per heavy atom. The van der Waals surface area contributed by atoms with Crippen molar-refractivity contribution in [2.75, 3.05) is 0 Å². The lowest BCUT2D eigenvalue weighted by atomic mass is 9.89. The Morgan fingerprint density at radius 3 is 2.64 bits per heavy atom. The number of fused-ring (bicyclic) bond motifs is 2. The zero-order chi connectivity index (χ0) is 15.1. The fourth-order valence-corrected chi connectivity index (χ4v) is 3.56. The van der Waals surface area contributed by atoms with Crippen molar-refractivity contribution in [3.8, 4) is 17.3 Å². The minimum atomic E-state index is 0.653. The van der Waals surface area contributed by atoms with Gasteiger partial charge in [0.1, 0.15) is 6.07 Å². The van der Waals surface area contributed by atoms with Crippen LogP contribution in [-0.2, 0) is 12.8 Å². The average Bonchev–Trinajstić information content (AvgIpc) is 2.92. The van der Waals surface area contributed by atoms with E-state index in [4.69, 9.17) is 11.6 Å². The molecule has 0 atom stereocenters. The molecule has 1 aliphatic rings. The quantitative estimate of drug-likeness (QED) is 0.656. The highest BCUT2D eigenvalue weighted by atomic mass is 35.5. The number of H-pyrrole nitrogens is 1. The number of hydrogen-bond donors (Lipinski definition) is 1. The van der Waals surface area contributed by atoms with E-state index in [0.29, 0.717) is 10.6 Å². The zero-order valence-corrected chi connectivity index (χ0v) is 12.9. The second-order valence-electron chi connectivity index (χ2n) is 5.87. The summed E-state index contributed by atoms with van der Waals surface area (Å²) in [6.07, 6.45) is 4.84. The lowest BCUT2D eigenvalue weighted by Crippen LogP contribution is -2.02. The van der Waals surface area contributed by atoms with Gasteiger partial charge in [0.2, 0.25) is 0 Å². The molecule has 0 amide bonds. The number of rotatable bonds is 1. The summed E-state index contributed by atoms with van der Waals surface area (Å²) in [5.41, 5.74) is 6.48. The molecule has 0 unspecified atom stereocenters. The number of aromatic amines is 1. The van der Waals surface area contributed by atoms with E-state index in [0.717, 1.165) is 28.6 Å². The summed E-state index contributed by atoms with van der Waals surface area (Å²) in [6, 6.07) is 14.5. The molecule has 2 nitrogen and oxygen atoms in total. The van der Waals surface area contributed by atoms with E-state index < -0.39 is 0 Å². The Hall–Kier alpha value is -2.24. The maximum absolute atomic E-state index is 9.58. The maximum atomic E-state index is 9.58. The maximum Gasteiger partial charge on any atom is 0.102 e. The van der Waals surface area contributed by atoms with E-state index in [1.54, 1.807) is 0 Å². The molecule has 0 saturated heterocycles. The second kappa shape index (κ2) is 5.19. The van der Waals surface area contributed by atoms with Crippen LogP contribution in [0.25, 0.3) is 22.2 Å². The van der Waals surface area contributed by atoms with Gasteiger partial charge in [-0.25, -0.2) is 0 Å². The summed E-state index contributed by atoms with van der Waals surface area (Å²) >= 11 is 6.07. The van der Waals surface area contributed by atoms with Gasteiger partial charge in [-0.2, -0.15) is 5.26 Å². The minimum absolute atomic E-state index is 0.653. The number of aromatic nitrogens is 1. The number of halogens is 1. The van der Waals surface area contributed by atoms with Gasteiger partial charge in [0.15, 0.2) is 0 Å². The number of benzene rings is 2. The van der Waals surface area contributed by atoms with Crippen molar-refractivity contribution in [1.82, 2.24) is 4.98 Å². The Balaban J connectivity index is 1.92. The van der Waals surface area contributed by atoms with Crippen LogP contribution in [0, 0.1) is 11.3 Å². The standard InChI is InChI=1S/C19H15ClN2/c20-15-7-8-18-16(10-15)17(11-21)19(22-18)14-6-5-12-3-1-2-4-13(12)9-14/h5-10,22H,1-4H2. The van der Waals surface area contributed by atoms with Gasteiger partial charge in [-0.3, -0.25) is 0 Å². The van der Waals surface area contributed by atoms with Crippen LogP contribution in [0.4, 0.5) is 0 Å². The highest BCUT2D eigenvalue weighted by Gasteiger charge is 2.16. The molecule has 3 aromatic rings. The molecule has 0 bridgehead atoms. The van der Waals surface area contributed by atoms with Gasteiger partial charge in [0.05, 0.1) is 11.3 Å². The Labute approximate surface area is 134 Å². The third kappa shape index (κ3) is 2.10. The lowest BCUT2D eigenvalue weighted by Gasteiger charge is -2.16. The normalized spacial score (nSPS) is 13.8. The topological polar surface area (TPSA) is 39.6 Å². The molecule has 1 N–H and O–H groups in total. The molecule has 0 spiro atoms. The van der Waals surface area contributed by atoms with Gasteiger partial charge < -0.3 is 4.98 Å². The van der Waals surface area contributed by atoms with E-state index in [1.807, 2.05) is 18.2 Å². The van der Waals surface area contributed by atoms with Crippen molar-refractivity contribution in [3.63, 3.8) is 0 Å². The van der Waals surface area contributed by atoms with Crippen LogP contribution in [0.5, 0.6) is 0 Å². The molecule has 0 aliphatic heterocycles. The summed E-state index contributed by atoms with van der Waals surface area (Å²) in [5, 5.41) is 11.1. The number of nitrogens with one attached hydrogen (secondary N) is 1. The van der Waals surface area contributed by atoms with Crippen LogP contribution < -0.4 is 0 Å². The fourth-order valence-electron chi connectivity index (χ4n) is 3.39. The Kier molecular flexibility index (Phi) is 3.17.